The largest absolute Gasteiger partial charge is 0.255 e. The van der Waals surface area contributed by atoms with Crippen molar-refractivity contribution in [2.45, 2.75) is 59.3 Å². The summed E-state index contributed by atoms with van der Waals surface area (Å²) in [6, 6.07) is 0. The van der Waals surface area contributed by atoms with Crippen LogP contribution in [0.5, 0.6) is 0 Å². The van der Waals surface area contributed by atoms with Crippen LogP contribution >= 0.6 is 11.7 Å². The molecular formula is C14H21N3S. The first-order chi connectivity index (χ1) is 8.12. The molecule has 2 aromatic heterocycles. The molecule has 0 aliphatic carbocycles. The zero-order chi connectivity index (χ0) is 13.7. The molecule has 0 spiro atoms. The smallest absolute Gasteiger partial charge is 0.127 e. The molecule has 0 amide bonds. The molecule has 2 aromatic rings. The molecule has 0 aromatic carbocycles. The van der Waals surface area contributed by atoms with Gasteiger partial charge in [-0.1, -0.05) is 41.5 Å². The van der Waals surface area contributed by atoms with E-state index in [4.69, 9.17) is 4.98 Å². The van der Waals surface area contributed by atoms with E-state index in [0.717, 1.165) is 22.4 Å². The van der Waals surface area contributed by atoms with Crippen molar-refractivity contribution in [2.24, 2.45) is 0 Å². The van der Waals surface area contributed by atoms with Crippen LogP contribution in [0, 0.1) is 6.92 Å². The van der Waals surface area contributed by atoms with E-state index in [9.17, 15) is 0 Å². The molecule has 0 aliphatic heterocycles. The first-order valence-corrected chi connectivity index (χ1v) is 6.99. The van der Waals surface area contributed by atoms with Gasteiger partial charge >= 0.3 is 0 Å². The van der Waals surface area contributed by atoms with Crippen LogP contribution in [-0.2, 0) is 10.8 Å². The molecule has 0 unspecified atom stereocenters. The van der Waals surface area contributed by atoms with Gasteiger partial charge in [-0.25, -0.2) is 0 Å². The number of fused-ring (bicyclic) bond motifs is 1. The molecule has 3 nitrogen and oxygen atoms in total. The third-order valence-corrected chi connectivity index (χ3v) is 3.58. The van der Waals surface area contributed by atoms with E-state index in [1.807, 2.05) is 0 Å². The third kappa shape index (κ3) is 2.14. The van der Waals surface area contributed by atoms with E-state index >= 15 is 0 Å². The predicted octanol–water partition coefficient (Wildman–Crippen LogP) is 3.99. The fourth-order valence-electron chi connectivity index (χ4n) is 2.38. The fourth-order valence-corrected chi connectivity index (χ4v) is 2.93. The summed E-state index contributed by atoms with van der Waals surface area (Å²) in [7, 11) is 0. The number of pyridine rings is 1. The average molecular weight is 263 g/mol. The molecular weight excluding hydrogens is 242 g/mol. The lowest BCUT2D eigenvalue weighted by Crippen LogP contribution is -2.20. The summed E-state index contributed by atoms with van der Waals surface area (Å²) >= 11 is 1.28. The predicted molar refractivity (Wildman–Crippen MR) is 77.3 cm³/mol. The zero-order valence-corrected chi connectivity index (χ0v) is 13.1. The summed E-state index contributed by atoms with van der Waals surface area (Å²) in [5.74, 6) is 0. The summed E-state index contributed by atoms with van der Waals surface area (Å²) in [6.45, 7) is 15.2. The lowest BCUT2D eigenvalue weighted by molar-refractivity contribution is 0.559. The van der Waals surface area contributed by atoms with Crippen LogP contribution in [0.3, 0.4) is 0 Å². The van der Waals surface area contributed by atoms with Crippen molar-refractivity contribution < 1.29 is 0 Å². The number of hydrogen-bond donors (Lipinski definition) is 0. The normalized spacial score (nSPS) is 13.3. The summed E-state index contributed by atoms with van der Waals surface area (Å²) < 4.78 is 8.98. The van der Waals surface area contributed by atoms with Gasteiger partial charge in [0.1, 0.15) is 11.0 Å². The fraction of sp³-hybridized carbons (Fsp3) is 0.643. The molecule has 18 heavy (non-hydrogen) atoms. The van der Waals surface area contributed by atoms with Gasteiger partial charge in [-0.15, -0.1) is 0 Å². The Kier molecular flexibility index (Phi) is 2.97. The second-order valence-electron chi connectivity index (χ2n) is 6.88. The topological polar surface area (TPSA) is 38.7 Å². The van der Waals surface area contributed by atoms with Crippen molar-refractivity contribution in [1.29, 1.82) is 0 Å². The summed E-state index contributed by atoms with van der Waals surface area (Å²) in [5.41, 5.74) is 5.40. The lowest BCUT2D eigenvalue weighted by atomic mass is 9.82. The first kappa shape index (κ1) is 13.4. The quantitative estimate of drug-likeness (QED) is 0.721. The highest BCUT2D eigenvalue weighted by molar-refractivity contribution is 7.00. The Morgan fingerprint density at radius 3 is 1.89 bits per heavy atom. The lowest BCUT2D eigenvalue weighted by Gasteiger charge is -2.25. The van der Waals surface area contributed by atoms with Gasteiger partial charge in [-0.05, 0) is 12.3 Å². The molecule has 0 saturated heterocycles. The maximum absolute atomic E-state index is 4.82. The summed E-state index contributed by atoms with van der Waals surface area (Å²) in [4.78, 5) is 4.82. The van der Waals surface area contributed by atoms with Crippen molar-refractivity contribution in [3.8, 4) is 0 Å². The first-order valence-electron chi connectivity index (χ1n) is 6.26. The van der Waals surface area contributed by atoms with E-state index < -0.39 is 0 Å². The summed E-state index contributed by atoms with van der Waals surface area (Å²) in [5, 5.41) is 0. The van der Waals surface area contributed by atoms with Crippen molar-refractivity contribution >= 4 is 22.8 Å². The molecule has 0 radical (unpaired) electrons. The van der Waals surface area contributed by atoms with E-state index in [1.54, 1.807) is 0 Å². The molecule has 0 fully saturated rings. The van der Waals surface area contributed by atoms with Gasteiger partial charge in [-0.2, -0.15) is 8.75 Å². The molecule has 0 aliphatic rings. The highest BCUT2D eigenvalue weighted by atomic mass is 32.1. The molecule has 2 rings (SSSR count). The Morgan fingerprint density at radius 1 is 0.833 bits per heavy atom. The van der Waals surface area contributed by atoms with E-state index in [1.165, 1.54) is 17.3 Å². The molecule has 0 bridgehead atoms. The Bertz CT molecular complexity index is 585. The van der Waals surface area contributed by atoms with Crippen LogP contribution in [0.1, 0.15) is 58.5 Å². The highest BCUT2D eigenvalue weighted by Gasteiger charge is 2.28. The molecule has 0 atom stereocenters. The number of aryl methyl sites for hydroxylation is 1. The molecule has 2 heterocycles. The minimum Gasteiger partial charge on any atom is -0.255 e. The highest BCUT2D eigenvalue weighted by Crippen LogP contribution is 2.35. The van der Waals surface area contributed by atoms with Crippen molar-refractivity contribution in [1.82, 2.24) is 13.7 Å². The van der Waals surface area contributed by atoms with E-state index in [2.05, 4.69) is 57.2 Å². The van der Waals surface area contributed by atoms with Crippen molar-refractivity contribution in [3.05, 3.63) is 17.0 Å². The number of hydrogen-bond acceptors (Lipinski definition) is 4. The maximum atomic E-state index is 4.82. The zero-order valence-electron chi connectivity index (χ0n) is 12.2. The third-order valence-electron chi connectivity index (χ3n) is 3.05. The van der Waals surface area contributed by atoms with Crippen LogP contribution < -0.4 is 0 Å². The molecule has 98 valence electrons. The Morgan fingerprint density at radius 2 is 1.39 bits per heavy atom. The van der Waals surface area contributed by atoms with Gasteiger partial charge in [-0.3, -0.25) is 4.98 Å². The van der Waals surface area contributed by atoms with Gasteiger partial charge in [0, 0.05) is 16.7 Å². The van der Waals surface area contributed by atoms with Crippen LogP contribution in [0.25, 0.3) is 11.0 Å². The second-order valence-corrected chi connectivity index (χ2v) is 7.41. The standard InChI is InChI=1S/C14H21N3S/c1-8-9(13(2,3)4)10-11(17-18-16-10)12(15-8)14(5,6)7/h1-7H3. The minimum absolute atomic E-state index is 0.00478. The summed E-state index contributed by atoms with van der Waals surface area (Å²) in [6.07, 6.45) is 0. The Hall–Kier alpha value is -1.03. The molecule has 4 heteroatoms. The van der Waals surface area contributed by atoms with Gasteiger partial charge in [0.2, 0.25) is 0 Å². The maximum Gasteiger partial charge on any atom is 0.127 e. The van der Waals surface area contributed by atoms with Gasteiger partial charge in [0.15, 0.2) is 0 Å². The van der Waals surface area contributed by atoms with E-state index in [0.29, 0.717) is 0 Å². The number of aromatic nitrogens is 3. The second kappa shape index (κ2) is 3.98. The van der Waals surface area contributed by atoms with Crippen molar-refractivity contribution in [2.75, 3.05) is 0 Å². The molecule has 0 saturated carbocycles. The van der Waals surface area contributed by atoms with Crippen LogP contribution in [0.4, 0.5) is 0 Å². The van der Waals surface area contributed by atoms with Gasteiger partial charge in [0.05, 0.1) is 17.4 Å². The van der Waals surface area contributed by atoms with Crippen LogP contribution in [0.2, 0.25) is 0 Å². The van der Waals surface area contributed by atoms with Gasteiger partial charge in [0.25, 0.3) is 0 Å². The Balaban J connectivity index is 2.87. The van der Waals surface area contributed by atoms with E-state index in [-0.39, 0.29) is 10.8 Å². The number of nitrogens with zero attached hydrogens (tertiary/aromatic N) is 3. The van der Waals surface area contributed by atoms with Crippen molar-refractivity contribution in [3.63, 3.8) is 0 Å². The van der Waals surface area contributed by atoms with Crippen LogP contribution in [0.15, 0.2) is 0 Å². The minimum atomic E-state index is -0.00478. The SMILES string of the molecule is Cc1nc(C(C)(C)C)c2nsnc2c1C(C)(C)C. The monoisotopic (exact) mass is 263 g/mol. The Labute approximate surface area is 113 Å². The average Bonchev–Trinajstić information content (AvgIpc) is 2.60. The number of rotatable bonds is 0. The van der Waals surface area contributed by atoms with Crippen LogP contribution in [-0.4, -0.2) is 13.7 Å². The molecule has 0 N–H and O–H groups in total. The van der Waals surface area contributed by atoms with Gasteiger partial charge < -0.3 is 0 Å².